The summed E-state index contributed by atoms with van der Waals surface area (Å²) in [6.45, 7) is 0. The first-order valence-electron chi connectivity index (χ1n) is 5.16. The van der Waals surface area contributed by atoms with Gasteiger partial charge in [0.1, 0.15) is 0 Å². The van der Waals surface area contributed by atoms with Crippen LogP contribution in [-0.4, -0.2) is 10.9 Å². The Morgan fingerprint density at radius 3 is 2.84 bits per heavy atom. The summed E-state index contributed by atoms with van der Waals surface area (Å²) < 4.78 is 18.8. The molecule has 0 unspecified atom stereocenters. The highest BCUT2D eigenvalue weighted by molar-refractivity contribution is 6.30. The normalized spacial score (nSPS) is 10.2. The Morgan fingerprint density at radius 1 is 1.42 bits per heavy atom. The molecule has 98 valence electrons. The molecule has 19 heavy (non-hydrogen) atoms. The van der Waals surface area contributed by atoms with E-state index >= 15 is 0 Å². The lowest BCUT2D eigenvalue weighted by Crippen LogP contribution is -2.14. The second-order valence-electron chi connectivity index (χ2n) is 3.63. The SMILES string of the molecule is NC(=O)c1cc(Oc2cccc(Cl)c2F)ncc1N. The van der Waals surface area contributed by atoms with Crippen molar-refractivity contribution in [2.75, 3.05) is 5.73 Å². The molecule has 1 heterocycles. The number of amides is 1. The average molecular weight is 282 g/mol. The molecule has 0 saturated carbocycles. The Labute approximate surface area is 112 Å². The molecule has 0 spiro atoms. The molecule has 0 radical (unpaired) electrons. The molecule has 1 aromatic carbocycles. The fraction of sp³-hybridized carbons (Fsp3) is 0. The van der Waals surface area contributed by atoms with Gasteiger partial charge in [0.25, 0.3) is 5.91 Å². The zero-order chi connectivity index (χ0) is 14.0. The topological polar surface area (TPSA) is 91.2 Å². The fourth-order valence-corrected chi connectivity index (χ4v) is 1.56. The number of primary amides is 1. The molecule has 0 aliphatic carbocycles. The third-order valence-corrected chi connectivity index (χ3v) is 2.60. The number of pyridine rings is 1. The summed E-state index contributed by atoms with van der Waals surface area (Å²) in [6, 6.07) is 5.52. The van der Waals surface area contributed by atoms with Gasteiger partial charge < -0.3 is 16.2 Å². The van der Waals surface area contributed by atoms with Gasteiger partial charge in [0.15, 0.2) is 11.6 Å². The quantitative estimate of drug-likeness (QED) is 0.903. The van der Waals surface area contributed by atoms with E-state index in [-0.39, 0.29) is 27.9 Å². The van der Waals surface area contributed by atoms with Crippen molar-refractivity contribution < 1.29 is 13.9 Å². The number of hydrogen-bond donors (Lipinski definition) is 2. The highest BCUT2D eigenvalue weighted by Gasteiger charge is 2.12. The molecule has 2 aromatic rings. The van der Waals surface area contributed by atoms with Crippen LogP contribution in [0, 0.1) is 5.82 Å². The minimum absolute atomic E-state index is 0.0100. The van der Waals surface area contributed by atoms with Crippen LogP contribution in [0.1, 0.15) is 10.4 Å². The van der Waals surface area contributed by atoms with Crippen LogP contribution in [0.4, 0.5) is 10.1 Å². The predicted molar refractivity (Wildman–Crippen MR) is 68.7 cm³/mol. The number of carbonyl (C=O) groups is 1. The van der Waals surface area contributed by atoms with E-state index in [0.717, 1.165) is 0 Å². The molecule has 1 amide bonds. The molecule has 0 aliphatic rings. The molecule has 0 saturated heterocycles. The maximum atomic E-state index is 13.6. The molecule has 7 heteroatoms. The maximum absolute atomic E-state index is 13.6. The van der Waals surface area contributed by atoms with Gasteiger partial charge in [-0.3, -0.25) is 4.79 Å². The van der Waals surface area contributed by atoms with Crippen LogP contribution in [0.2, 0.25) is 5.02 Å². The van der Waals surface area contributed by atoms with E-state index in [0.29, 0.717) is 0 Å². The Hall–Kier alpha value is -2.34. The van der Waals surface area contributed by atoms with Crippen LogP contribution in [0.3, 0.4) is 0 Å². The average Bonchev–Trinajstić information content (AvgIpc) is 2.37. The van der Waals surface area contributed by atoms with Crippen LogP contribution >= 0.6 is 11.6 Å². The molecule has 4 N–H and O–H groups in total. The molecular weight excluding hydrogens is 273 g/mol. The van der Waals surface area contributed by atoms with Crippen LogP contribution in [0.15, 0.2) is 30.5 Å². The predicted octanol–water partition coefficient (Wildman–Crippen LogP) is 2.35. The fourth-order valence-electron chi connectivity index (χ4n) is 1.39. The largest absolute Gasteiger partial charge is 0.436 e. The number of nitrogens with two attached hydrogens (primary N) is 2. The van der Waals surface area contributed by atoms with Gasteiger partial charge in [-0.2, -0.15) is 0 Å². The smallest absolute Gasteiger partial charge is 0.251 e. The first kappa shape index (κ1) is 13.1. The van der Waals surface area contributed by atoms with Gasteiger partial charge in [0.05, 0.1) is 22.5 Å². The van der Waals surface area contributed by atoms with Crippen molar-refractivity contribution in [1.29, 1.82) is 0 Å². The van der Waals surface area contributed by atoms with Gasteiger partial charge in [-0.05, 0) is 12.1 Å². The number of aromatic nitrogens is 1. The molecule has 0 aliphatic heterocycles. The van der Waals surface area contributed by atoms with Crippen molar-refractivity contribution in [3.05, 3.63) is 46.9 Å². The number of nitrogens with zero attached hydrogens (tertiary/aromatic N) is 1. The van der Waals surface area contributed by atoms with E-state index in [1.807, 2.05) is 0 Å². The summed E-state index contributed by atoms with van der Waals surface area (Å²) in [5, 5.41) is -0.0805. The highest BCUT2D eigenvalue weighted by atomic mass is 35.5. The van der Waals surface area contributed by atoms with Crippen LogP contribution < -0.4 is 16.2 Å². The summed E-state index contributed by atoms with van der Waals surface area (Å²) in [6.07, 6.45) is 1.21. The number of carbonyl (C=O) groups excluding carboxylic acids is 1. The first-order valence-corrected chi connectivity index (χ1v) is 5.54. The van der Waals surface area contributed by atoms with E-state index in [4.69, 9.17) is 27.8 Å². The second kappa shape index (κ2) is 5.11. The Kier molecular flexibility index (Phi) is 3.52. The van der Waals surface area contributed by atoms with Gasteiger partial charge in [-0.15, -0.1) is 0 Å². The van der Waals surface area contributed by atoms with Gasteiger partial charge in [0, 0.05) is 6.07 Å². The lowest BCUT2D eigenvalue weighted by atomic mass is 10.2. The summed E-state index contributed by atoms with van der Waals surface area (Å²) in [5.74, 6) is -1.57. The lowest BCUT2D eigenvalue weighted by Gasteiger charge is -2.08. The number of benzene rings is 1. The monoisotopic (exact) mass is 281 g/mol. The minimum Gasteiger partial charge on any atom is -0.436 e. The van der Waals surface area contributed by atoms with Crippen LogP contribution in [0.25, 0.3) is 0 Å². The molecule has 0 atom stereocenters. The van der Waals surface area contributed by atoms with Gasteiger partial charge in [0.2, 0.25) is 5.88 Å². The molecule has 2 rings (SSSR count). The Morgan fingerprint density at radius 2 is 2.16 bits per heavy atom. The standard InChI is InChI=1S/C12H9ClFN3O2/c13-7-2-1-3-9(11(7)14)19-10-4-6(12(16)18)8(15)5-17-10/h1-5H,15H2,(H2,16,18). The third-order valence-electron chi connectivity index (χ3n) is 2.31. The highest BCUT2D eigenvalue weighted by Crippen LogP contribution is 2.28. The summed E-state index contributed by atoms with van der Waals surface area (Å²) >= 11 is 5.62. The van der Waals surface area contributed by atoms with Crippen molar-refractivity contribution in [3.8, 4) is 11.6 Å². The molecule has 1 aromatic heterocycles. The van der Waals surface area contributed by atoms with Crippen molar-refractivity contribution >= 4 is 23.2 Å². The van der Waals surface area contributed by atoms with Gasteiger partial charge in [-0.1, -0.05) is 17.7 Å². The van der Waals surface area contributed by atoms with Crippen LogP contribution in [-0.2, 0) is 0 Å². The summed E-state index contributed by atoms with van der Waals surface area (Å²) in [4.78, 5) is 14.9. The van der Waals surface area contributed by atoms with Gasteiger partial charge in [-0.25, -0.2) is 9.37 Å². The van der Waals surface area contributed by atoms with Gasteiger partial charge >= 0.3 is 0 Å². The number of hydrogen-bond acceptors (Lipinski definition) is 4. The van der Waals surface area contributed by atoms with Crippen molar-refractivity contribution in [2.24, 2.45) is 5.73 Å². The van der Waals surface area contributed by atoms with Crippen LogP contribution in [0.5, 0.6) is 11.6 Å². The number of ether oxygens (including phenoxy) is 1. The number of anilines is 1. The number of nitrogen functional groups attached to an aromatic ring is 1. The van der Waals surface area contributed by atoms with E-state index < -0.39 is 11.7 Å². The summed E-state index contributed by atoms with van der Waals surface area (Å²) in [5.41, 5.74) is 10.8. The maximum Gasteiger partial charge on any atom is 0.251 e. The van der Waals surface area contributed by atoms with E-state index in [9.17, 15) is 9.18 Å². The minimum atomic E-state index is -0.726. The lowest BCUT2D eigenvalue weighted by molar-refractivity contribution is 0.100. The number of rotatable bonds is 3. The van der Waals surface area contributed by atoms with E-state index in [1.54, 1.807) is 0 Å². The molecule has 0 bridgehead atoms. The van der Waals surface area contributed by atoms with Crippen molar-refractivity contribution in [3.63, 3.8) is 0 Å². The van der Waals surface area contributed by atoms with Crippen molar-refractivity contribution in [2.45, 2.75) is 0 Å². The zero-order valence-corrected chi connectivity index (χ0v) is 10.3. The molecular formula is C12H9ClFN3O2. The Bertz CT molecular complexity index is 649. The van der Waals surface area contributed by atoms with E-state index in [2.05, 4.69) is 4.98 Å². The second-order valence-corrected chi connectivity index (χ2v) is 4.04. The Balaban J connectivity index is 2.36. The number of halogens is 2. The summed E-state index contributed by atoms with van der Waals surface area (Å²) in [7, 11) is 0. The molecule has 0 fully saturated rings. The first-order chi connectivity index (χ1) is 8.99. The van der Waals surface area contributed by atoms with E-state index in [1.165, 1.54) is 30.5 Å². The molecule has 5 nitrogen and oxygen atoms in total. The van der Waals surface area contributed by atoms with Crippen molar-refractivity contribution in [1.82, 2.24) is 4.98 Å². The zero-order valence-electron chi connectivity index (χ0n) is 9.56. The third kappa shape index (κ3) is 2.74.